The molecule has 1 N–H and O–H groups in total. The van der Waals surface area contributed by atoms with Gasteiger partial charge in [0.15, 0.2) is 5.82 Å². The van der Waals surface area contributed by atoms with Crippen molar-refractivity contribution in [3.63, 3.8) is 0 Å². The monoisotopic (exact) mass is 235 g/mol. The van der Waals surface area contributed by atoms with Crippen molar-refractivity contribution in [1.29, 1.82) is 0 Å². The van der Waals surface area contributed by atoms with Crippen LogP contribution in [0.3, 0.4) is 0 Å². The molecule has 0 aromatic carbocycles. The summed E-state index contributed by atoms with van der Waals surface area (Å²) in [5.41, 5.74) is 0.171. The molecular weight excluding hydrogens is 222 g/mol. The molecule has 1 aliphatic rings. The molecule has 84 valence electrons. The lowest BCUT2D eigenvalue weighted by Crippen LogP contribution is -2.01. The largest absolute Gasteiger partial charge is 0.380 e. The van der Waals surface area contributed by atoms with Crippen LogP contribution in [-0.4, -0.2) is 17.2 Å². The van der Waals surface area contributed by atoms with Gasteiger partial charge >= 0.3 is 0 Å². The van der Waals surface area contributed by atoms with E-state index >= 15 is 0 Å². The second kappa shape index (κ2) is 3.31. The first-order chi connectivity index (χ1) is 7.71. The highest BCUT2D eigenvalue weighted by molar-refractivity contribution is 7.19. The first-order valence-electron chi connectivity index (χ1n) is 5.33. The lowest BCUT2D eigenvalue weighted by molar-refractivity contribution is 0.416. The van der Waals surface area contributed by atoms with Crippen LogP contribution < -0.4 is 5.32 Å². The molecule has 3 rings (SSSR count). The van der Waals surface area contributed by atoms with Gasteiger partial charge < -0.3 is 9.84 Å². The first-order valence-corrected chi connectivity index (χ1v) is 6.15. The van der Waals surface area contributed by atoms with Crippen molar-refractivity contribution < 1.29 is 4.52 Å². The van der Waals surface area contributed by atoms with Crippen LogP contribution in [0, 0.1) is 0 Å². The van der Waals surface area contributed by atoms with E-state index in [9.17, 15) is 0 Å². The fourth-order valence-corrected chi connectivity index (χ4v) is 2.35. The summed E-state index contributed by atoms with van der Waals surface area (Å²) in [7, 11) is 1.90. The molecule has 2 aromatic heterocycles. The lowest BCUT2D eigenvalue weighted by atomic mass is 10.1. The van der Waals surface area contributed by atoms with Gasteiger partial charge in [-0.1, -0.05) is 12.1 Å². The molecule has 4 nitrogen and oxygen atoms in total. The number of hydrogen-bond acceptors (Lipinski definition) is 5. The highest BCUT2D eigenvalue weighted by Gasteiger charge is 2.43. The zero-order valence-electron chi connectivity index (χ0n) is 9.28. The predicted molar refractivity (Wildman–Crippen MR) is 63.7 cm³/mol. The van der Waals surface area contributed by atoms with Gasteiger partial charge in [-0.25, -0.2) is 0 Å². The van der Waals surface area contributed by atoms with Gasteiger partial charge in [0, 0.05) is 12.5 Å². The standard InChI is InChI=1S/C11H13N3OS/c1-11(5-6-11)10-13-9(15-14-10)7-3-4-8(12-2)16-7/h3-4,12H,5-6H2,1-2H3. The second-order valence-electron chi connectivity index (χ2n) is 4.40. The smallest absolute Gasteiger partial charge is 0.268 e. The van der Waals surface area contributed by atoms with Crippen molar-refractivity contribution in [3.05, 3.63) is 18.0 Å². The molecule has 16 heavy (non-hydrogen) atoms. The molecule has 0 radical (unpaired) electrons. The Morgan fingerprint density at radius 3 is 2.88 bits per heavy atom. The van der Waals surface area contributed by atoms with Gasteiger partial charge in [-0.15, -0.1) is 11.3 Å². The van der Waals surface area contributed by atoms with Crippen molar-refractivity contribution in [2.75, 3.05) is 12.4 Å². The van der Waals surface area contributed by atoms with E-state index in [4.69, 9.17) is 4.52 Å². The van der Waals surface area contributed by atoms with Crippen LogP contribution in [0.1, 0.15) is 25.6 Å². The van der Waals surface area contributed by atoms with Gasteiger partial charge in [-0.3, -0.25) is 0 Å². The number of hydrogen-bond donors (Lipinski definition) is 1. The van der Waals surface area contributed by atoms with E-state index in [0.717, 1.165) is 28.5 Å². The topological polar surface area (TPSA) is 51.0 Å². The fourth-order valence-electron chi connectivity index (χ4n) is 1.57. The molecule has 1 saturated carbocycles. The number of rotatable bonds is 3. The molecule has 0 spiro atoms. The van der Waals surface area contributed by atoms with Crippen LogP contribution in [0.5, 0.6) is 0 Å². The molecule has 5 heteroatoms. The Morgan fingerprint density at radius 1 is 1.44 bits per heavy atom. The average molecular weight is 235 g/mol. The quantitative estimate of drug-likeness (QED) is 0.888. The van der Waals surface area contributed by atoms with E-state index in [0.29, 0.717) is 5.89 Å². The molecular formula is C11H13N3OS. The molecule has 1 aliphatic carbocycles. The summed E-state index contributed by atoms with van der Waals surface area (Å²) in [6.45, 7) is 2.18. The molecule has 1 fully saturated rings. The van der Waals surface area contributed by atoms with E-state index in [1.807, 2.05) is 19.2 Å². The van der Waals surface area contributed by atoms with Gasteiger partial charge in [0.25, 0.3) is 5.89 Å². The molecule has 0 saturated heterocycles. The van der Waals surface area contributed by atoms with Crippen molar-refractivity contribution in [3.8, 4) is 10.8 Å². The Kier molecular flexibility index (Phi) is 2.04. The van der Waals surface area contributed by atoms with E-state index < -0.39 is 0 Å². The summed E-state index contributed by atoms with van der Waals surface area (Å²) in [4.78, 5) is 5.49. The minimum Gasteiger partial charge on any atom is -0.380 e. The van der Waals surface area contributed by atoms with E-state index in [2.05, 4.69) is 22.4 Å². The third kappa shape index (κ3) is 1.51. The number of aromatic nitrogens is 2. The predicted octanol–water partition coefficient (Wildman–Crippen LogP) is 2.89. The van der Waals surface area contributed by atoms with Crippen LogP contribution in [0.4, 0.5) is 5.00 Å². The third-order valence-corrected chi connectivity index (χ3v) is 4.12. The fraction of sp³-hybridized carbons (Fsp3) is 0.455. The second-order valence-corrected chi connectivity index (χ2v) is 5.48. The zero-order valence-corrected chi connectivity index (χ0v) is 10.1. The van der Waals surface area contributed by atoms with Crippen LogP contribution in [0.25, 0.3) is 10.8 Å². The van der Waals surface area contributed by atoms with Crippen molar-refractivity contribution in [1.82, 2.24) is 10.1 Å². The Balaban J connectivity index is 1.92. The Morgan fingerprint density at radius 2 is 2.25 bits per heavy atom. The third-order valence-electron chi connectivity index (χ3n) is 3.03. The number of thiophene rings is 1. The molecule has 0 unspecified atom stereocenters. The average Bonchev–Trinajstić information content (AvgIpc) is 2.80. The molecule has 0 atom stereocenters. The Labute approximate surface area is 97.7 Å². The van der Waals surface area contributed by atoms with Gasteiger partial charge in [0.1, 0.15) is 0 Å². The summed E-state index contributed by atoms with van der Waals surface area (Å²) in [6, 6.07) is 4.02. The lowest BCUT2D eigenvalue weighted by Gasteiger charge is -1.96. The van der Waals surface area contributed by atoms with Crippen LogP contribution in [0.2, 0.25) is 0 Å². The van der Waals surface area contributed by atoms with Crippen molar-refractivity contribution in [2.24, 2.45) is 0 Å². The summed E-state index contributed by atoms with van der Waals surface area (Å²) < 4.78 is 5.30. The zero-order chi connectivity index (χ0) is 11.2. The van der Waals surface area contributed by atoms with Gasteiger partial charge in [0.2, 0.25) is 0 Å². The number of anilines is 1. The van der Waals surface area contributed by atoms with Crippen LogP contribution >= 0.6 is 11.3 Å². The van der Waals surface area contributed by atoms with Gasteiger partial charge in [-0.2, -0.15) is 4.98 Å². The number of nitrogens with zero attached hydrogens (tertiary/aromatic N) is 2. The maximum Gasteiger partial charge on any atom is 0.268 e. The van der Waals surface area contributed by atoms with Gasteiger partial charge in [-0.05, 0) is 25.0 Å². The van der Waals surface area contributed by atoms with E-state index in [1.165, 1.54) is 0 Å². The summed E-state index contributed by atoms with van der Waals surface area (Å²) in [5.74, 6) is 1.48. The summed E-state index contributed by atoms with van der Waals surface area (Å²) >= 11 is 1.62. The summed E-state index contributed by atoms with van der Waals surface area (Å²) in [6.07, 6.45) is 2.33. The molecule has 0 aliphatic heterocycles. The van der Waals surface area contributed by atoms with Crippen LogP contribution in [-0.2, 0) is 5.41 Å². The molecule has 2 heterocycles. The molecule has 2 aromatic rings. The first kappa shape index (κ1) is 9.84. The minimum absolute atomic E-state index is 0.171. The number of nitrogens with one attached hydrogen (secondary N) is 1. The maximum atomic E-state index is 5.30. The van der Waals surface area contributed by atoms with Gasteiger partial charge in [0.05, 0.1) is 9.88 Å². The minimum atomic E-state index is 0.171. The van der Waals surface area contributed by atoms with Crippen molar-refractivity contribution >= 4 is 16.3 Å². The van der Waals surface area contributed by atoms with E-state index in [-0.39, 0.29) is 5.41 Å². The maximum absolute atomic E-state index is 5.30. The SMILES string of the molecule is CNc1ccc(-c2nc(C3(C)CC3)no2)s1. The Hall–Kier alpha value is -1.36. The van der Waals surface area contributed by atoms with E-state index in [1.54, 1.807) is 11.3 Å². The van der Waals surface area contributed by atoms with Crippen molar-refractivity contribution in [2.45, 2.75) is 25.2 Å². The highest BCUT2D eigenvalue weighted by Crippen LogP contribution is 2.46. The summed E-state index contributed by atoms with van der Waals surface area (Å²) in [5, 5.41) is 8.26. The molecule has 0 amide bonds. The molecule has 0 bridgehead atoms. The normalized spacial score (nSPS) is 17.4. The van der Waals surface area contributed by atoms with Crippen LogP contribution in [0.15, 0.2) is 16.7 Å². The Bertz CT molecular complexity index is 513. The highest BCUT2D eigenvalue weighted by atomic mass is 32.1.